The van der Waals surface area contributed by atoms with Crippen molar-refractivity contribution in [2.75, 3.05) is 27.7 Å². The standard InChI is InChI=1S/C20H27N3O3/c1-6-15-17(20(25)26-5)13(2)18(22-15)19(24)21-12-16(23(3)4)14-10-8-7-9-11-14/h7-11,16,22H,6,12H2,1-5H3,(H,21,24). The van der Waals surface area contributed by atoms with E-state index < -0.39 is 5.97 Å². The molecule has 1 unspecified atom stereocenters. The molecule has 1 atom stereocenters. The summed E-state index contributed by atoms with van der Waals surface area (Å²) >= 11 is 0. The Morgan fingerprint density at radius 1 is 1.23 bits per heavy atom. The average Bonchev–Trinajstić information content (AvgIpc) is 2.98. The molecule has 1 aromatic carbocycles. The quantitative estimate of drug-likeness (QED) is 0.747. The lowest BCUT2D eigenvalue weighted by Crippen LogP contribution is -2.35. The number of rotatable bonds is 7. The molecule has 0 saturated heterocycles. The highest BCUT2D eigenvalue weighted by Gasteiger charge is 2.24. The van der Waals surface area contributed by atoms with Gasteiger partial charge in [0.15, 0.2) is 0 Å². The first-order chi connectivity index (χ1) is 12.4. The Kier molecular flexibility index (Phi) is 6.58. The molecule has 140 valence electrons. The molecular weight excluding hydrogens is 330 g/mol. The van der Waals surface area contributed by atoms with Gasteiger partial charge in [-0.25, -0.2) is 4.79 Å². The number of aromatic nitrogens is 1. The molecule has 0 aliphatic carbocycles. The fourth-order valence-electron chi connectivity index (χ4n) is 3.08. The van der Waals surface area contributed by atoms with Gasteiger partial charge in [-0.2, -0.15) is 0 Å². The number of aryl methyl sites for hydroxylation is 1. The number of nitrogens with one attached hydrogen (secondary N) is 2. The van der Waals surface area contributed by atoms with E-state index in [4.69, 9.17) is 4.74 Å². The molecule has 2 rings (SSSR count). The van der Waals surface area contributed by atoms with Crippen LogP contribution in [0, 0.1) is 6.92 Å². The number of carbonyl (C=O) groups excluding carboxylic acids is 2. The van der Waals surface area contributed by atoms with Crippen LogP contribution in [-0.2, 0) is 11.2 Å². The molecule has 2 aromatic rings. The van der Waals surface area contributed by atoms with Crippen molar-refractivity contribution in [1.29, 1.82) is 0 Å². The molecule has 1 aromatic heterocycles. The highest BCUT2D eigenvalue weighted by Crippen LogP contribution is 2.21. The Morgan fingerprint density at radius 3 is 2.42 bits per heavy atom. The maximum Gasteiger partial charge on any atom is 0.339 e. The molecule has 6 nitrogen and oxygen atoms in total. The van der Waals surface area contributed by atoms with E-state index in [1.165, 1.54) is 7.11 Å². The number of likely N-dealkylation sites (N-methyl/N-ethyl adjacent to an activating group) is 1. The number of amides is 1. The minimum Gasteiger partial charge on any atom is -0.465 e. The summed E-state index contributed by atoms with van der Waals surface area (Å²) in [5.74, 6) is -0.653. The van der Waals surface area contributed by atoms with Gasteiger partial charge in [0.2, 0.25) is 0 Å². The van der Waals surface area contributed by atoms with Gasteiger partial charge in [-0.15, -0.1) is 0 Å². The van der Waals surface area contributed by atoms with Crippen LogP contribution in [0.5, 0.6) is 0 Å². The van der Waals surface area contributed by atoms with Crippen molar-refractivity contribution in [2.24, 2.45) is 0 Å². The molecule has 26 heavy (non-hydrogen) atoms. The second-order valence-electron chi connectivity index (χ2n) is 6.42. The van der Waals surface area contributed by atoms with Crippen molar-refractivity contribution in [3.8, 4) is 0 Å². The first-order valence-corrected chi connectivity index (χ1v) is 8.70. The summed E-state index contributed by atoms with van der Waals surface area (Å²) in [6, 6.07) is 10.1. The fourth-order valence-corrected chi connectivity index (χ4v) is 3.08. The molecule has 6 heteroatoms. The van der Waals surface area contributed by atoms with Gasteiger partial charge >= 0.3 is 5.97 Å². The van der Waals surface area contributed by atoms with Gasteiger partial charge in [-0.1, -0.05) is 37.3 Å². The number of benzene rings is 1. The zero-order valence-electron chi connectivity index (χ0n) is 16.1. The van der Waals surface area contributed by atoms with Crippen molar-refractivity contribution in [3.05, 3.63) is 58.4 Å². The molecular formula is C20H27N3O3. The maximum absolute atomic E-state index is 12.7. The highest BCUT2D eigenvalue weighted by molar-refractivity contribution is 6.00. The fraction of sp³-hybridized carbons (Fsp3) is 0.400. The Morgan fingerprint density at radius 2 is 1.88 bits per heavy atom. The first kappa shape index (κ1) is 19.7. The molecule has 1 heterocycles. The topological polar surface area (TPSA) is 74.4 Å². The predicted octanol–water partition coefficient (Wildman–Crippen LogP) is 2.70. The Bertz CT molecular complexity index is 766. The largest absolute Gasteiger partial charge is 0.465 e. The minimum atomic E-state index is -0.426. The summed E-state index contributed by atoms with van der Waals surface area (Å²) < 4.78 is 4.84. The van der Waals surface area contributed by atoms with E-state index in [0.29, 0.717) is 35.5 Å². The number of carbonyl (C=O) groups is 2. The Labute approximate surface area is 154 Å². The van der Waals surface area contributed by atoms with Crippen LogP contribution in [0.3, 0.4) is 0 Å². The number of aromatic amines is 1. The van der Waals surface area contributed by atoms with Crippen LogP contribution in [0.25, 0.3) is 0 Å². The molecule has 0 spiro atoms. The summed E-state index contributed by atoms with van der Waals surface area (Å²) in [5, 5.41) is 2.98. The lowest BCUT2D eigenvalue weighted by atomic mass is 10.1. The van der Waals surface area contributed by atoms with Crippen molar-refractivity contribution < 1.29 is 14.3 Å². The van der Waals surface area contributed by atoms with Crippen molar-refractivity contribution in [3.63, 3.8) is 0 Å². The van der Waals surface area contributed by atoms with Crippen LogP contribution >= 0.6 is 0 Å². The van der Waals surface area contributed by atoms with Crippen molar-refractivity contribution in [2.45, 2.75) is 26.3 Å². The second-order valence-corrected chi connectivity index (χ2v) is 6.42. The summed E-state index contributed by atoms with van der Waals surface area (Å²) in [5.41, 5.74) is 3.32. The summed E-state index contributed by atoms with van der Waals surface area (Å²) in [6.07, 6.45) is 0.614. The van der Waals surface area contributed by atoms with E-state index in [1.54, 1.807) is 6.92 Å². The third-order valence-corrected chi connectivity index (χ3v) is 4.56. The predicted molar refractivity (Wildman–Crippen MR) is 101 cm³/mol. The van der Waals surface area contributed by atoms with Gasteiger partial charge in [0.25, 0.3) is 5.91 Å². The normalized spacial score (nSPS) is 12.1. The van der Waals surface area contributed by atoms with E-state index >= 15 is 0 Å². The number of ether oxygens (including phenoxy) is 1. The van der Waals surface area contributed by atoms with Crippen LogP contribution in [0.15, 0.2) is 30.3 Å². The number of esters is 1. The Hall–Kier alpha value is -2.60. The zero-order valence-corrected chi connectivity index (χ0v) is 16.1. The molecule has 0 radical (unpaired) electrons. The van der Waals surface area contributed by atoms with Gasteiger partial charge < -0.3 is 19.9 Å². The van der Waals surface area contributed by atoms with Crippen LogP contribution in [-0.4, -0.2) is 49.5 Å². The molecule has 0 bridgehead atoms. The minimum absolute atomic E-state index is 0.0566. The van der Waals surface area contributed by atoms with Crippen LogP contribution in [0.1, 0.15) is 50.6 Å². The molecule has 0 aliphatic rings. The molecule has 2 N–H and O–H groups in total. The third-order valence-electron chi connectivity index (χ3n) is 4.56. The smallest absolute Gasteiger partial charge is 0.339 e. The first-order valence-electron chi connectivity index (χ1n) is 8.70. The third kappa shape index (κ3) is 4.14. The van der Waals surface area contributed by atoms with Gasteiger partial charge in [0, 0.05) is 12.2 Å². The van der Waals surface area contributed by atoms with Crippen LogP contribution in [0.4, 0.5) is 0 Å². The van der Waals surface area contributed by atoms with E-state index in [0.717, 1.165) is 5.56 Å². The molecule has 0 saturated carbocycles. The molecule has 0 fully saturated rings. The highest BCUT2D eigenvalue weighted by atomic mass is 16.5. The monoisotopic (exact) mass is 357 g/mol. The van der Waals surface area contributed by atoms with E-state index in [-0.39, 0.29) is 11.9 Å². The summed E-state index contributed by atoms with van der Waals surface area (Å²) in [4.78, 5) is 29.9. The van der Waals surface area contributed by atoms with E-state index in [1.807, 2.05) is 51.4 Å². The zero-order chi connectivity index (χ0) is 19.3. The lowest BCUT2D eigenvalue weighted by Gasteiger charge is -2.25. The van der Waals surface area contributed by atoms with Crippen molar-refractivity contribution >= 4 is 11.9 Å². The maximum atomic E-state index is 12.7. The lowest BCUT2D eigenvalue weighted by molar-refractivity contribution is 0.0599. The summed E-state index contributed by atoms with van der Waals surface area (Å²) in [6.45, 7) is 4.15. The van der Waals surface area contributed by atoms with Gasteiger partial charge in [0.1, 0.15) is 5.69 Å². The number of nitrogens with zero attached hydrogens (tertiary/aromatic N) is 1. The van der Waals surface area contributed by atoms with Crippen LogP contribution in [0.2, 0.25) is 0 Å². The number of H-pyrrole nitrogens is 1. The van der Waals surface area contributed by atoms with E-state index in [2.05, 4.69) is 15.2 Å². The number of methoxy groups -OCH3 is 1. The summed E-state index contributed by atoms with van der Waals surface area (Å²) in [7, 11) is 5.30. The SMILES string of the molecule is CCc1[nH]c(C(=O)NCC(c2ccccc2)N(C)C)c(C)c1C(=O)OC. The van der Waals surface area contributed by atoms with Crippen molar-refractivity contribution in [1.82, 2.24) is 15.2 Å². The Balaban J connectivity index is 2.19. The second kappa shape index (κ2) is 8.67. The van der Waals surface area contributed by atoms with Gasteiger partial charge in [-0.3, -0.25) is 4.79 Å². The average molecular weight is 357 g/mol. The van der Waals surface area contributed by atoms with Gasteiger partial charge in [0.05, 0.1) is 18.7 Å². The molecule has 1 amide bonds. The van der Waals surface area contributed by atoms with Crippen LogP contribution < -0.4 is 5.32 Å². The number of hydrogen-bond donors (Lipinski definition) is 2. The van der Waals surface area contributed by atoms with E-state index in [9.17, 15) is 9.59 Å². The van der Waals surface area contributed by atoms with Gasteiger partial charge in [-0.05, 0) is 38.6 Å². The number of hydrogen-bond acceptors (Lipinski definition) is 4. The molecule has 0 aliphatic heterocycles.